The van der Waals surface area contributed by atoms with Crippen molar-refractivity contribution in [1.82, 2.24) is 0 Å². The number of nitrogens with zero attached hydrogens (tertiary/aromatic N) is 1. The van der Waals surface area contributed by atoms with Crippen molar-refractivity contribution in [1.29, 1.82) is 0 Å². The number of allylic oxidation sites excluding steroid dienone is 4. The first-order valence-electron chi connectivity index (χ1n) is 10.6. The van der Waals surface area contributed by atoms with Crippen molar-refractivity contribution in [3.8, 4) is 0 Å². The summed E-state index contributed by atoms with van der Waals surface area (Å²) >= 11 is 0. The summed E-state index contributed by atoms with van der Waals surface area (Å²) in [6.45, 7) is 13.3. The van der Waals surface area contributed by atoms with Crippen molar-refractivity contribution in [2.24, 2.45) is 39.5 Å². The number of fused-ring (bicyclic) bond motifs is 3. The van der Waals surface area contributed by atoms with E-state index in [1.165, 1.54) is 31.4 Å². The lowest BCUT2D eigenvalue weighted by Gasteiger charge is -2.57. The summed E-state index contributed by atoms with van der Waals surface area (Å²) in [5, 5.41) is 4.70. The van der Waals surface area contributed by atoms with Crippen molar-refractivity contribution in [3.05, 3.63) is 23.3 Å². The first-order chi connectivity index (χ1) is 12.3. The molecule has 3 rings (SSSR count). The minimum atomic E-state index is 0.119. The highest BCUT2D eigenvalue weighted by atomic mass is 16.6. The van der Waals surface area contributed by atoms with E-state index in [2.05, 4.69) is 46.8 Å². The Kier molecular flexibility index (Phi) is 5.67. The maximum Gasteiger partial charge on any atom is 0.118 e. The molecular formula is C23H38N2O. The maximum atomic E-state index is 5.71. The number of oxime groups is 1. The SMILES string of the molecule is CC(C)C1=CC2=CCC3C(C)(C)CCC(=NOCCCN)[C@]3(C)[C@H]2CC1. The van der Waals surface area contributed by atoms with Crippen molar-refractivity contribution in [2.45, 2.75) is 73.1 Å². The van der Waals surface area contributed by atoms with Crippen LogP contribution in [0.2, 0.25) is 0 Å². The third kappa shape index (κ3) is 3.40. The van der Waals surface area contributed by atoms with Gasteiger partial charge in [-0.15, -0.1) is 0 Å². The van der Waals surface area contributed by atoms with Crippen LogP contribution >= 0.6 is 0 Å². The minimum Gasteiger partial charge on any atom is -0.396 e. The summed E-state index contributed by atoms with van der Waals surface area (Å²) in [7, 11) is 0. The second-order valence-corrected chi connectivity index (χ2v) is 9.74. The molecule has 0 saturated heterocycles. The molecule has 3 aliphatic carbocycles. The summed E-state index contributed by atoms with van der Waals surface area (Å²) in [4.78, 5) is 5.71. The molecule has 3 nitrogen and oxygen atoms in total. The summed E-state index contributed by atoms with van der Waals surface area (Å²) in [6.07, 6.45) is 11.8. The van der Waals surface area contributed by atoms with Gasteiger partial charge in [-0.2, -0.15) is 0 Å². The lowest BCUT2D eigenvalue weighted by atomic mass is 9.46. The monoisotopic (exact) mass is 358 g/mol. The zero-order chi connectivity index (χ0) is 18.9. The van der Waals surface area contributed by atoms with Crippen molar-refractivity contribution >= 4 is 5.71 Å². The van der Waals surface area contributed by atoms with Gasteiger partial charge in [0.2, 0.25) is 0 Å². The van der Waals surface area contributed by atoms with E-state index >= 15 is 0 Å². The van der Waals surface area contributed by atoms with Gasteiger partial charge in [-0.1, -0.05) is 57.5 Å². The Morgan fingerprint density at radius 2 is 2.04 bits per heavy atom. The van der Waals surface area contributed by atoms with Crippen LogP contribution in [0.1, 0.15) is 73.1 Å². The van der Waals surface area contributed by atoms with Crippen LogP contribution in [0.15, 0.2) is 28.5 Å². The molecule has 0 aromatic carbocycles. The van der Waals surface area contributed by atoms with E-state index in [9.17, 15) is 0 Å². The number of hydrogen-bond acceptors (Lipinski definition) is 3. The highest BCUT2D eigenvalue weighted by Crippen LogP contribution is 2.60. The topological polar surface area (TPSA) is 47.6 Å². The van der Waals surface area contributed by atoms with Gasteiger partial charge >= 0.3 is 0 Å². The zero-order valence-corrected chi connectivity index (χ0v) is 17.5. The minimum absolute atomic E-state index is 0.119. The third-order valence-corrected chi connectivity index (χ3v) is 7.44. The fourth-order valence-electron chi connectivity index (χ4n) is 5.74. The normalized spacial score (nSPS) is 34.8. The molecule has 3 heteroatoms. The smallest absolute Gasteiger partial charge is 0.118 e. The third-order valence-electron chi connectivity index (χ3n) is 7.44. The predicted octanol–water partition coefficient (Wildman–Crippen LogP) is 5.47. The molecule has 0 radical (unpaired) electrons. The van der Waals surface area contributed by atoms with Crippen molar-refractivity contribution < 1.29 is 4.84 Å². The van der Waals surface area contributed by atoms with E-state index < -0.39 is 0 Å². The highest BCUT2D eigenvalue weighted by Gasteiger charge is 2.56. The van der Waals surface area contributed by atoms with Crippen LogP contribution in [0, 0.1) is 28.6 Å². The van der Waals surface area contributed by atoms with Crippen LogP contribution in [0.4, 0.5) is 0 Å². The molecule has 2 N–H and O–H groups in total. The molecule has 0 bridgehead atoms. The van der Waals surface area contributed by atoms with E-state index in [-0.39, 0.29) is 5.41 Å². The van der Waals surface area contributed by atoms with Crippen LogP contribution in [-0.4, -0.2) is 18.9 Å². The van der Waals surface area contributed by atoms with Gasteiger partial charge in [0, 0.05) is 5.41 Å². The Bertz CT molecular complexity index is 614. The van der Waals surface area contributed by atoms with Gasteiger partial charge in [0.15, 0.2) is 0 Å². The van der Waals surface area contributed by atoms with Gasteiger partial charge in [-0.3, -0.25) is 0 Å². The average Bonchev–Trinajstić information content (AvgIpc) is 2.59. The van der Waals surface area contributed by atoms with E-state index in [1.807, 2.05) is 0 Å². The maximum absolute atomic E-state index is 5.71. The molecule has 0 spiro atoms. The molecule has 0 aromatic rings. The standard InChI is InChI=1S/C23H38N2O/c1-16(2)17-7-9-19-18(15-17)8-10-20-22(3,4)12-11-21(23(19,20)5)25-26-14-6-13-24/h8,15-16,19-20H,6-7,9-14,24H2,1-5H3/t19-,20?,23+/m0/s1. The molecule has 0 aromatic heterocycles. The summed E-state index contributed by atoms with van der Waals surface area (Å²) in [5.41, 5.74) is 10.5. The second-order valence-electron chi connectivity index (χ2n) is 9.74. The van der Waals surface area contributed by atoms with Gasteiger partial charge < -0.3 is 10.6 Å². The average molecular weight is 359 g/mol. The number of nitrogens with two attached hydrogens (primary N) is 1. The molecule has 3 atom stereocenters. The Labute approximate surface area is 160 Å². The zero-order valence-electron chi connectivity index (χ0n) is 17.5. The number of hydrogen-bond donors (Lipinski definition) is 1. The first kappa shape index (κ1) is 19.7. The van der Waals surface area contributed by atoms with Crippen LogP contribution in [0.5, 0.6) is 0 Å². The first-order valence-corrected chi connectivity index (χ1v) is 10.6. The van der Waals surface area contributed by atoms with Crippen molar-refractivity contribution in [2.75, 3.05) is 13.2 Å². The van der Waals surface area contributed by atoms with E-state index in [1.54, 1.807) is 11.1 Å². The Balaban J connectivity index is 1.95. The van der Waals surface area contributed by atoms with E-state index in [0.29, 0.717) is 36.3 Å². The molecule has 0 amide bonds. The van der Waals surface area contributed by atoms with Crippen LogP contribution in [0.3, 0.4) is 0 Å². The summed E-state index contributed by atoms with van der Waals surface area (Å²) < 4.78 is 0. The Morgan fingerprint density at radius 1 is 1.27 bits per heavy atom. The summed E-state index contributed by atoms with van der Waals surface area (Å²) in [6, 6.07) is 0. The molecule has 1 saturated carbocycles. The van der Waals surface area contributed by atoms with E-state index in [4.69, 9.17) is 15.7 Å². The van der Waals surface area contributed by atoms with Crippen LogP contribution in [0.25, 0.3) is 0 Å². The molecule has 3 aliphatic rings. The lowest BCUT2D eigenvalue weighted by molar-refractivity contribution is 0.0303. The van der Waals surface area contributed by atoms with Gasteiger partial charge in [-0.05, 0) is 73.8 Å². The molecule has 0 heterocycles. The predicted molar refractivity (Wildman–Crippen MR) is 110 cm³/mol. The molecule has 146 valence electrons. The van der Waals surface area contributed by atoms with Crippen LogP contribution < -0.4 is 5.73 Å². The molecular weight excluding hydrogens is 320 g/mol. The molecule has 0 aliphatic heterocycles. The Morgan fingerprint density at radius 3 is 2.73 bits per heavy atom. The van der Waals surface area contributed by atoms with E-state index in [0.717, 1.165) is 12.8 Å². The quantitative estimate of drug-likeness (QED) is 0.523. The van der Waals surface area contributed by atoms with Gasteiger partial charge in [-0.25, -0.2) is 0 Å². The van der Waals surface area contributed by atoms with Crippen molar-refractivity contribution in [3.63, 3.8) is 0 Å². The van der Waals surface area contributed by atoms with Gasteiger partial charge in [0.1, 0.15) is 6.61 Å². The van der Waals surface area contributed by atoms with Crippen LogP contribution in [-0.2, 0) is 4.84 Å². The highest BCUT2D eigenvalue weighted by molar-refractivity contribution is 5.92. The summed E-state index contributed by atoms with van der Waals surface area (Å²) in [5.74, 6) is 1.88. The van der Waals surface area contributed by atoms with Gasteiger partial charge in [0.25, 0.3) is 0 Å². The fourth-order valence-corrected chi connectivity index (χ4v) is 5.74. The second kappa shape index (κ2) is 7.50. The van der Waals surface area contributed by atoms with Gasteiger partial charge in [0.05, 0.1) is 5.71 Å². The lowest BCUT2D eigenvalue weighted by Crippen LogP contribution is -2.54. The Hall–Kier alpha value is -1.09. The fraction of sp³-hybridized carbons (Fsp3) is 0.783. The molecule has 1 fully saturated rings. The largest absolute Gasteiger partial charge is 0.396 e. The molecule has 26 heavy (non-hydrogen) atoms. The number of rotatable bonds is 5. The molecule has 1 unspecified atom stereocenters.